The van der Waals surface area contributed by atoms with Crippen LogP contribution in [0.3, 0.4) is 0 Å². The van der Waals surface area contributed by atoms with Crippen molar-refractivity contribution in [3.05, 3.63) is 47.1 Å². The molecule has 2 aliphatic carbocycles. The number of aliphatic hydroxyl groups excluding tert-OH is 3. The predicted octanol–water partition coefficient (Wildman–Crippen LogP) is -1.19. The molecule has 4 aliphatic rings. The molecule has 1 aromatic rings. The van der Waals surface area contributed by atoms with Crippen LogP contribution in [0.15, 0.2) is 36.6 Å². The highest BCUT2D eigenvalue weighted by atomic mass is 16.7. The number of esters is 1. The van der Waals surface area contributed by atoms with Gasteiger partial charge in [-0.15, -0.1) is 6.58 Å². The molecule has 1 saturated carbocycles. The number of rotatable bonds is 9. The van der Waals surface area contributed by atoms with Crippen molar-refractivity contribution < 1.29 is 54.1 Å². The molecule has 0 aromatic carbocycles. The summed E-state index contributed by atoms with van der Waals surface area (Å²) in [5, 5.41) is 54.8. The van der Waals surface area contributed by atoms with E-state index in [9.17, 15) is 35.1 Å². The van der Waals surface area contributed by atoms with Crippen LogP contribution in [0.5, 0.6) is 0 Å². The Balaban J connectivity index is 1.51. The molecule has 12 nitrogen and oxygen atoms in total. The van der Waals surface area contributed by atoms with E-state index in [1.54, 1.807) is 12.3 Å². The van der Waals surface area contributed by atoms with E-state index in [4.69, 9.17) is 18.9 Å². The van der Waals surface area contributed by atoms with Gasteiger partial charge < -0.3 is 49.5 Å². The maximum atomic E-state index is 12.4. The van der Waals surface area contributed by atoms with E-state index >= 15 is 0 Å². The molecular weight excluding hydrogens is 526 g/mol. The quantitative estimate of drug-likeness (QED) is 0.157. The van der Waals surface area contributed by atoms with Crippen LogP contribution in [0.2, 0.25) is 0 Å². The number of carboxylic acid groups (broad SMARTS) is 1. The standard InChI is InChI=1S/C28H35NO11/c1-3-14-17(12-22(32)33)15(24(34)37-2)4-5-19(14)38-26-27(36)9-6-18-16-7-10-29-23(16)20(8-11-30)40-28(18,25(27)35)21(13-31)39-26/h3-4,7,10,14,17,19,21,25-26,29-31,35-36H,1,5-6,8-9,11-13H2,2H3,(H,32,33). The SMILES string of the molecule is C=CC1C(OC2OC(CO)C34OC(CCO)=c5[nH]ccc5=C3CCC2(O)C4O)CC=C(C(=O)OC)C1CC(=O)O. The van der Waals surface area contributed by atoms with E-state index in [1.807, 2.05) is 6.07 Å². The number of methoxy groups -OCH3 is 1. The molecule has 2 aliphatic heterocycles. The Morgan fingerprint density at radius 3 is 2.75 bits per heavy atom. The number of nitrogens with one attached hydrogen (secondary N) is 1. The maximum Gasteiger partial charge on any atom is 0.333 e. The van der Waals surface area contributed by atoms with Gasteiger partial charge in [0.05, 0.1) is 38.2 Å². The maximum absolute atomic E-state index is 12.4. The third-order valence-electron chi connectivity index (χ3n) is 8.70. The largest absolute Gasteiger partial charge is 0.481 e. The molecule has 8 unspecified atom stereocenters. The van der Waals surface area contributed by atoms with Crippen LogP contribution < -0.4 is 10.6 Å². The van der Waals surface area contributed by atoms with E-state index in [-0.39, 0.29) is 37.9 Å². The second kappa shape index (κ2) is 10.8. The summed E-state index contributed by atoms with van der Waals surface area (Å²) < 4.78 is 23.7. The summed E-state index contributed by atoms with van der Waals surface area (Å²) in [6, 6.07) is 1.82. The predicted molar refractivity (Wildman–Crippen MR) is 137 cm³/mol. The first-order valence-electron chi connectivity index (χ1n) is 13.3. The number of carbonyl (C=O) groups excluding carboxylic acids is 1. The fraction of sp³-hybridized carbons (Fsp3) is 0.571. The van der Waals surface area contributed by atoms with E-state index in [0.29, 0.717) is 23.1 Å². The number of hydrogen-bond donors (Lipinski definition) is 6. The van der Waals surface area contributed by atoms with E-state index in [1.165, 1.54) is 13.2 Å². The number of fused-ring (bicyclic) bond motifs is 2. The molecule has 1 saturated heterocycles. The molecule has 0 radical (unpaired) electrons. The van der Waals surface area contributed by atoms with Gasteiger partial charge in [-0.3, -0.25) is 4.79 Å². The van der Waals surface area contributed by atoms with Gasteiger partial charge in [0.25, 0.3) is 0 Å². The Morgan fingerprint density at radius 2 is 2.10 bits per heavy atom. The van der Waals surface area contributed by atoms with E-state index in [2.05, 4.69) is 11.6 Å². The van der Waals surface area contributed by atoms with Crippen molar-refractivity contribution in [1.29, 1.82) is 0 Å². The van der Waals surface area contributed by atoms with Gasteiger partial charge >= 0.3 is 11.9 Å². The van der Waals surface area contributed by atoms with Gasteiger partial charge in [0.2, 0.25) is 0 Å². The highest BCUT2D eigenvalue weighted by Gasteiger charge is 2.70. The van der Waals surface area contributed by atoms with E-state index in [0.717, 1.165) is 5.22 Å². The average Bonchev–Trinajstić information content (AvgIpc) is 3.42. The summed E-state index contributed by atoms with van der Waals surface area (Å²) in [5.41, 5.74) is -2.73. The average molecular weight is 562 g/mol. The molecule has 6 N–H and O–H groups in total. The van der Waals surface area contributed by atoms with Crippen LogP contribution in [0.1, 0.15) is 32.1 Å². The minimum absolute atomic E-state index is 0.0463. The zero-order chi connectivity index (χ0) is 28.8. The lowest BCUT2D eigenvalue weighted by molar-refractivity contribution is -0.372. The van der Waals surface area contributed by atoms with Gasteiger partial charge in [0.15, 0.2) is 11.9 Å². The smallest absolute Gasteiger partial charge is 0.333 e. The second-order valence-corrected chi connectivity index (χ2v) is 10.6. The number of carboxylic acids is 1. The molecule has 5 rings (SSSR count). The summed E-state index contributed by atoms with van der Waals surface area (Å²) in [7, 11) is 1.21. The number of aromatic amines is 1. The summed E-state index contributed by atoms with van der Waals surface area (Å²) in [4.78, 5) is 27.2. The molecule has 40 heavy (non-hydrogen) atoms. The first-order chi connectivity index (χ1) is 19.2. The van der Waals surface area contributed by atoms with Crippen LogP contribution >= 0.6 is 0 Å². The van der Waals surface area contributed by atoms with Gasteiger partial charge in [0, 0.05) is 35.2 Å². The molecule has 3 heterocycles. The van der Waals surface area contributed by atoms with Crippen LogP contribution in [0.4, 0.5) is 0 Å². The number of aliphatic hydroxyl groups is 4. The molecule has 2 fully saturated rings. The molecule has 12 heteroatoms. The van der Waals surface area contributed by atoms with Crippen LogP contribution in [-0.2, 0) is 28.5 Å². The Hall–Kier alpha value is -3.00. The lowest BCUT2D eigenvalue weighted by Crippen LogP contribution is -2.78. The molecule has 8 atom stereocenters. The molecule has 0 amide bonds. The summed E-state index contributed by atoms with van der Waals surface area (Å²) >= 11 is 0. The molecule has 218 valence electrons. The second-order valence-electron chi connectivity index (χ2n) is 10.6. The van der Waals surface area contributed by atoms with Gasteiger partial charge in [-0.2, -0.15) is 0 Å². The highest BCUT2D eigenvalue weighted by molar-refractivity contribution is 5.90. The topological polar surface area (TPSA) is 188 Å². The van der Waals surface area contributed by atoms with Crippen molar-refractivity contribution in [3.63, 3.8) is 0 Å². The minimum Gasteiger partial charge on any atom is -0.481 e. The number of aliphatic carboxylic acids is 1. The fourth-order valence-electron chi connectivity index (χ4n) is 6.85. The number of carbonyl (C=O) groups is 2. The van der Waals surface area contributed by atoms with Crippen molar-refractivity contribution >= 4 is 23.3 Å². The van der Waals surface area contributed by atoms with Crippen molar-refractivity contribution in [2.75, 3.05) is 20.3 Å². The fourth-order valence-corrected chi connectivity index (χ4v) is 6.85. The third kappa shape index (κ3) is 4.21. The Labute approximate surface area is 229 Å². The number of ether oxygens (including phenoxy) is 4. The Morgan fingerprint density at radius 1 is 1.32 bits per heavy atom. The number of aromatic nitrogens is 1. The van der Waals surface area contributed by atoms with Crippen molar-refractivity contribution in [2.24, 2.45) is 11.8 Å². The summed E-state index contributed by atoms with van der Waals surface area (Å²) in [5.74, 6) is -2.87. The zero-order valence-electron chi connectivity index (χ0n) is 22.1. The van der Waals surface area contributed by atoms with Crippen LogP contribution in [0, 0.1) is 11.8 Å². The first kappa shape index (κ1) is 28.5. The molecule has 2 bridgehead atoms. The van der Waals surface area contributed by atoms with Crippen molar-refractivity contribution in [2.45, 2.75) is 67.9 Å². The Bertz CT molecular complexity index is 1330. The minimum atomic E-state index is -1.96. The normalized spacial score (nSPS) is 36.6. The van der Waals surface area contributed by atoms with E-state index < -0.39 is 66.2 Å². The number of H-pyrrole nitrogens is 1. The highest BCUT2D eigenvalue weighted by Crippen LogP contribution is 2.53. The monoisotopic (exact) mass is 561 g/mol. The third-order valence-corrected chi connectivity index (χ3v) is 8.70. The van der Waals surface area contributed by atoms with Gasteiger partial charge in [-0.25, -0.2) is 4.79 Å². The van der Waals surface area contributed by atoms with Crippen molar-refractivity contribution in [1.82, 2.24) is 4.98 Å². The lowest BCUT2D eigenvalue weighted by atomic mass is 9.63. The van der Waals surface area contributed by atoms with Gasteiger partial charge in [0.1, 0.15) is 23.6 Å². The molecular formula is C28H35NO11. The molecule has 1 spiro atoms. The van der Waals surface area contributed by atoms with Gasteiger partial charge in [-0.05, 0) is 30.9 Å². The van der Waals surface area contributed by atoms with Crippen LogP contribution in [0.25, 0.3) is 11.3 Å². The number of hydrogen-bond acceptors (Lipinski definition) is 10. The zero-order valence-corrected chi connectivity index (χ0v) is 22.1. The Kier molecular flexibility index (Phi) is 7.68. The summed E-state index contributed by atoms with van der Waals surface area (Å²) in [6.45, 7) is 3.03. The molecule has 1 aromatic heterocycles. The lowest BCUT2D eigenvalue weighted by Gasteiger charge is -2.60. The van der Waals surface area contributed by atoms with Crippen LogP contribution in [-0.4, -0.2) is 98.6 Å². The van der Waals surface area contributed by atoms with Gasteiger partial charge in [-0.1, -0.05) is 12.2 Å². The van der Waals surface area contributed by atoms with Crippen molar-refractivity contribution in [3.8, 4) is 0 Å². The summed E-state index contributed by atoms with van der Waals surface area (Å²) in [6.07, 6.45) is 0.108. The first-order valence-corrected chi connectivity index (χ1v) is 13.3.